The van der Waals surface area contributed by atoms with Crippen LogP contribution in [0.5, 0.6) is 11.5 Å². The van der Waals surface area contributed by atoms with Crippen molar-refractivity contribution in [3.05, 3.63) is 48.5 Å². The number of anilines is 2. The maximum Gasteiger partial charge on any atom is 0.411 e. The molecule has 2 amide bonds. The Morgan fingerprint density at radius 1 is 0.897 bits per heavy atom. The minimum Gasteiger partial charge on any atom is -0.481 e. The van der Waals surface area contributed by atoms with E-state index in [9.17, 15) is 24.3 Å². The van der Waals surface area contributed by atoms with Crippen LogP contribution in [-0.2, 0) is 23.9 Å². The van der Waals surface area contributed by atoms with Crippen LogP contribution in [0.2, 0.25) is 0 Å². The minimum absolute atomic E-state index is 0.0351. The second kappa shape index (κ2) is 13.6. The normalized spacial score (nSPS) is 17.0. The molecule has 0 aromatic heterocycles. The number of esters is 1. The average Bonchev–Trinajstić information content (AvgIpc) is 2.91. The van der Waals surface area contributed by atoms with Gasteiger partial charge in [-0.25, -0.2) is 4.79 Å². The Bertz CT molecular complexity index is 1180. The third-order valence-corrected chi connectivity index (χ3v) is 6.80. The first-order chi connectivity index (χ1) is 18.6. The molecular weight excluding hydrogens is 504 g/mol. The van der Waals surface area contributed by atoms with Gasteiger partial charge in [0.05, 0.1) is 11.3 Å². The first-order valence-electron chi connectivity index (χ1n) is 13.1. The fourth-order valence-electron chi connectivity index (χ4n) is 4.07. The van der Waals surface area contributed by atoms with Crippen molar-refractivity contribution in [2.24, 2.45) is 17.3 Å². The molecule has 0 saturated heterocycles. The Labute approximate surface area is 228 Å². The standard InChI is InChI=1S/C29H36N2O8/c1-4-29(2,3)27(35)37-14-15-38-28(36)31-22-11-7-13-24(18-22)39-23-12-6-10-21(17-23)30-25(32)19-8-5-9-20(16-19)26(33)34/h6-7,10-13,17-20H,4-5,8-9,14-16H2,1-3H3,(H,30,32)(H,31,36)(H,33,34). The quantitative estimate of drug-likeness (QED) is 0.239. The molecule has 1 saturated carbocycles. The average molecular weight is 541 g/mol. The van der Waals surface area contributed by atoms with Gasteiger partial charge in [-0.3, -0.25) is 19.7 Å². The summed E-state index contributed by atoms with van der Waals surface area (Å²) in [7, 11) is 0. The Morgan fingerprint density at radius 3 is 2.10 bits per heavy atom. The van der Waals surface area contributed by atoms with Gasteiger partial charge in [-0.05, 0) is 63.8 Å². The molecule has 210 valence electrons. The van der Waals surface area contributed by atoms with Crippen molar-refractivity contribution >= 4 is 35.3 Å². The summed E-state index contributed by atoms with van der Waals surface area (Å²) in [5.74, 6) is -1.32. The summed E-state index contributed by atoms with van der Waals surface area (Å²) in [6.45, 7) is 5.37. The second-order valence-corrected chi connectivity index (χ2v) is 10.2. The van der Waals surface area contributed by atoms with Crippen LogP contribution in [0.15, 0.2) is 48.5 Å². The Hall–Kier alpha value is -4.08. The van der Waals surface area contributed by atoms with Crippen molar-refractivity contribution in [3.63, 3.8) is 0 Å². The Morgan fingerprint density at radius 2 is 1.49 bits per heavy atom. The molecule has 1 fully saturated rings. The predicted molar refractivity (Wildman–Crippen MR) is 145 cm³/mol. The van der Waals surface area contributed by atoms with E-state index >= 15 is 0 Å². The molecule has 2 atom stereocenters. The molecule has 3 N–H and O–H groups in total. The highest BCUT2D eigenvalue weighted by molar-refractivity contribution is 5.93. The number of ether oxygens (including phenoxy) is 3. The number of carbonyl (C=O) groups is 4. The fourth-order valence-corrected chi connectivity index (χ4v) is 4.07. The van der Waals surface area contributed by atoms with Crippen LogP contribution in [0.1, 0.15) is 52.9 Å². The van der Waals surface area contributed by atoms with E-state index in [1.165, 1.54) is 0 Å². The molecule has 10 nitrogen and oxygen atoms in total. The summed E-state index contributed by atoms with van der Waals surface area (Å²) in [6, 6.07) is 13.6. The molecule has 2 aromatic carbocycles. The largest absolute Gasteiger partial charge is 0.481 e. The fraction of sp³-hybridized carbons (Fsp3) is 0.448. The molecule has 3 rings (SSSR count). The first kappa shape index (κ1) is 29.5. The summed E-state index contributed by atoms with van der Waals surface area (Å²) < 4.78 is 16.1. The summed E-state index contributed by atoms with van der Waals surface area (Å²) in [6.07, 6.45) is 2.25. The van der Waals surface area contributed by atoms with Crippen LogP contribution in [0, 0.1) is 17.3 Å². The molecular formula is C29H36N2O8. The van der Waals surface area contributed by atoms with Crippen molar-refractivity contribution in [1.29, 1.82) is 0 Å². The number of rotatable bonds is 11. The zero-order valence-electron chi connectivity index (χ0n) is 22.5. The lowest BCUT2D eigenvalue weighted by molar-refractivity contribution is -0.155. The van der Waals surface area contributed by atoms with Gasteiger partial charge >= 0.3 is 18.0 Å². The molecule has 2 unspecified atom stereocenters. The van der Waals surface area contributed by atoms with Gasteiger partial charge in [-0.15, -0.1) is 0 Å². The van der Waals surface area contributed by atoms with Crippen LogP contribution >= 0.6 is 0 Å². The highest BCUT2D eigenvalue weighted by Gasteiger charge is 2.31. The van der Waals surface area contributed by atoms with Crippen molar-refractivity contribution in [1.82, 2.24) is 0 Å². The summed E-state index contributed by atoms with van der Waals surface area (Å²) in [5.41, 5.74) is 0.390. The zero-order valence-corrected chi connectivity index (χ0v) is 22.5. The van der Waals surface area contributed by atoms with E-state index in [4.69, 9.17) is 14.2 Å². The molecule has 0 spiro atoms. The lowest BCUT2D eigenvalue weighted by Crippen LogP contribution is -2.30. The molecule has 0 aliphatic heterocycles. The smallest absolute Gasteiger partial charge is 0.411 e. The van der Waals surface area contributed by atoms with E-state index in [0.29, 0.717) is 55.0 Å². The third-order valence-electron chi connectivity index (χ3n) is 6.80. The van der Waals surface area contributed by atoms with Gasteiger partial charge in [0.25, 0.3) is 0 Å². The van der Waals surface area contributed by atoms with Crippen LogP contribution in [0.3, 0.4) is 0 Å². The number of carboxylic acid groups (broad SMARTS) is 1. The van der Waals surface area contributed by atoms with Crippen LogP contribution in [-0.4, -0.2) is 42.3 Å². The SMILES string of the molecule is CCC(C)(C)C(=O)OCCOC(=O)Nc1cccc(Oc2cccc(NC(=O)C3CCCC(C(=O)O)C3)c2)c1. The second-order valence-electron chi connectivity index (χ2n) is 10.2. The number of benzene rings is 2. The molecule has 10 heteroatoms. The van der Waals surface area contributed by atoms with E-state index in [1.54, 1.807) is 62.4 Å². The van der Waals surface area contributed by atoms with Crippen molar-refractivity contribution in [2.45, 2.75) is 52.9 Å². The zero-order chi connectivity index (χ0) is 28.4. The molecule has 2 aromatic rings. The predicted octanol–water partition coefficient (Wildman–Crippen LogP) is 5.84. The summed E-state index contributed by atoms with van der Waals surface area (Å²) in [5, 5.41) is 14.7. The van der Waals surface area contributed by atoms with Gasteiger partial charge in [0, 0.05) is 29.4 Å². The van der Waals surface area contributed by atoms with E-state index in [0.717, 1.165) is 0 Å². The Kier molecular flexibility index (Phi) is 10.3. The highest BCUT2D eigenvalue weighted by Crippen LogP contribution is 2.31. The van der Waals surface area contributed by atoms with Crippen LogP contribution < -0.4 is 15.4 Å². The third kappa shape index (κ3) is 9.01. The van der Waals surface area contributed by atoms with Crippen LogP contribution in [0.25, 0.3) is 0 Å². The highest BCUT2D eigenvalue weighted by atomic mass is 16.6. The van der Waals surface area contributed by atoms with E-state index < -0.39 is 23.4 Å². The number of carboxylic acids is 1. The number of hydrogen-bond acceptors (Lipinski definition) is 7. The van der Waals surface area contributed by atoms with Crippen LogP contribution in [0.4, 0.5) is 16.2 Å². The topological polar surface area (TPSA) is 140 Å². The molecule has 1 aliphatic rings. The molecule has 0 heterocycles. The number of carbonyl (C=O) groups excluding carboxylic acids is 3. The maximum atomic E-state index is 12.7. The lowest BCUT2D eigenvalue weighted by Gasteiger charge is -2.25. The number of amides is 2. The number of hydrogen-bond donors (Lipinski definition) is 3. The van der Waals surface area contributed by atoms with E-state index in [1.807, 2.05) is 6.92 Å². The summed E-state index contributed by atoms with van der Waals surface area (Å²) >= 11 is 0. The number of aliphatic carboxylic acids is 1. The lowest BCUT2D eigenvalue weighted by atomic mass is 9.81. The van der Waals surface area contributed by atoms with Gasteiger partial charge in [-0.1, -0.05) is 25.5 Å². The first-order valence-corrected chi connectivity index (χ1v) is 13.1. The summed E-state index contributed by atoms with van der Waals surface area (Å²) in [4.78, 5) is 48.1. The molecule has 0 radical (unpaired) electrons. The molecule has 1 aliphatic carbocycles. The number of nitrogens with one attached hydrogen (secondary N) is 2. The van der Waals surface area contributed by atoms with Crippen molar-refractivity contribution in [2.75, 3.05) is 23.8 Å². The van der Waals surface area contributed by atoms with Crippen molar-refractivity contribution < 1.29 is 38.5 Å². The molecule has 0 bridgehead atoms. The van der Waals surface area contributed by atoms with Gasteiger partial charge in [0.2, 0.25) is 5.91 Å². The monoisotopic (exact) mass is 540 g/mol. The minimum atomic E-state index is -0.857. The molecule has 39 heavy (non-hydrogen) atoms. The van der Waals surface area contributed by atoms with Crippen molar-refractivity contribution in [3.8, 4) is 11.5 Å². The Balaban J connectivity index is 1.50. The van der Waals surface area contributed by atoms with Gasteiger partial charge in [0.15, 0.2) is 0 Å². The maximum absolute atomic E-state index is 12.7. The van der Waals surface area contributed by atoms with Gasteiger partial charge < -0.3 is 24.6 Å². The van der Waals surface area contributed by atoms with Gasteiger partial charge in [0.1, 0.15) is 24.7 Å². The van der Waals surface area contributed by atoms with E-state index in [2.05, 4.69) is 10.6 Å². The van der Waals surface area contributed by atoms with Gasteiger partial charge in [-0.2, -0.15) is 0 Å². The van der Waals surface area contributed by atoms with E-state index in [-0.39, 0.29) is 31.0 Å².